The highest BCUT2D eigenvalue weighted by Gasteiger charge is 2.57. The van der Waals surface area contributed by atoms with E-state index < -0.39 is 0 Å². The lowest BCUT2D eigenvalue weighted by Gasteiger charge is -2.57. The standard InChI is InChI=1S/C21H31NO3/c1-20-9-7-14(25-19(24)12-22)11-13(20)3-4-15-16-5-6-18(23)21(16,2)10-8-17(15)20/h3,6,14-17,23H,4-5,7-12,22H2,1-2H3/t14-,15-,16-,17-,20-,21-/m0/s1. The summed E-state index contributed by atoms with van der Waals surface area (Å²) in [6.07, 6.45) is 11.8. The number of hydrogen-bond donors (Lipinski definition) is 2. The summed E-state index contributed by atoms with van der Waals surface area (Å²) in [6.45, 7) is 4.66. The molecule has 2 saturated carbocycles. The molecule has 0 radical (unpaired) electrons. The van der Waals surface area contributed by atoms with E-state index >= 15 is 0 Å². The Morgan fingerprint density at radius 3 is 2.72 bits per heavy atom. The van der Waals surface area contributed by atoms with E-state index in [1.165, 1.54) is 12.0 Å². The van der Waals surface area contributed by atoms with E-state index in [-0.39, 0.29) is 29.4 Å². The zero-order valence-corrected chi connectivity index (χ0v) is 15.5. The maximum absolute atomic E-state index is 11.5. The van der Waals surface area contributed by atoms with Gasteiger partial charge in [-0.25, -0.2) is 0 Å². The van der Waals surface area contributed by atoms with Gasteiger partial charge in [0, 0.05) is 11.8 Å². The second-order valence-corrected chi connectivity index (χ2v) is 9.10. The van der Waals surface area contributed by atoms with Crippen molar-refractivity contribution in [3.63, 3.8) is 0 Å². The first kappa shape index (κ1) is 17.1. The molecule has 0 unspecified atom stereocenters. The normalized spacial score (nSPS) is 45.6. The zero-order valence-electron chi connectivity index (χ0n) is 15.5. The number of fused-ring (bicyclic) bond motifs is 5. The van der Waals surface area contributed by atoms with Crippen molar-refractivity contribution in [2.75, 3.05) is 6.54 Å². The highest BCUT2D eigenvalue weighted by Crippen LogP contribution is 2.64. The number of allylic oxidation sites excluding steroid dienone is 3. The summed E-state index contributed by atoms with van der Waals surface area (Å²) >= 11 is 0. The van der Waals surface area contributed by atoms with E-state index in [1.807, 2.05) is 0 Å². The Hall–Kier alpha value is -1.29. The molecule has 25 heavy (non-hydrogen) atoms. The molecule has 138 valence electrons. The molecular formula is C21H31NO3. The van der Waals surface area contributed by atoms with Crippen LogP contribution in [-0.4, -0.2) is 23.7 Å². The van der Waals surface area contributed by atoms with Gasteiger partial charge in [-0.15, -0.1) is 0 Å². The quantitative estimate of drug-likeness (QED) is 0.588. The lowest BCUT2D eigenvalue weighted by atomic mass is 9.48. The van der Waals surface area contributed by atoms with Crippen molar-refractivity contribution in [1.29, 1.82) is 0 Å². The number of aliphatic hydroxyl groups excluding tert-OH is 1. The van der Waals surface area contributed by atoms with Crippen LogP contribution in [-0.2, 0) is 9.53 Å². The molecule has 0 aromatic carbocycles. The highest BCUT2D eigenvalue weighted by molar-refractivity contribution is 5.71. The van der Waals surface area contributed by atoms with E-state index in [4.69, 9.17) is 10.5 Å². The Balaban J connectivity index is 1.56. The van der Waals surface area contributed by atoms with Crippen molar-refractivity contribution in [2.45, 2.75) is 64.9 Å². The van der Waals surface area contributed by atoms with E-state index in [9.17, 15) is 9.90 Å². The summed E-state index contributed by atoms with van der Waals surface area (Å²) in [5.74, 6) is 2.28. The fourth-order valence-electron chi connectivity index (χ4n) is 6.51. The smallest absolute Gasteiger partial charge is 0.319 e. The third kappa shape index (κ3) is 2.48. The van der Waals surface area contributed by atoms with Gasteiger partial charge in [0.25, 0.3) is 0 Å². The molecule has 0 bridgehead atoms. The first-order valence-electron chi connectivity index (χ1n) is 9.87. The van der Waals surface area contributed by atoms with E-state index in [0.717, 1.165) is 38.5 Å². The van der Waals surface area contributed by atoms with Gasteiger partial charge in [0.15, 0.2) is 0 Å². The summed E-state index contributed by atoms with van der Waals surface area (Å²) in [5, 5.41) is 10.4. The second kappa shape index (κ2) is 5.87. The SMILES string of the molecule is C[C@]12CC[C@H](OC(=O)CN)CC1=CC[C@@H]1[C@@H]2CC[C@]2(C)C(O)=CC[C@@H]12. The van der Waals surface area contributed by atoms with Crippen LogP contribution < -0.4 is 5.73 Å². The maximum atomic E-state index is 11.5. The predicted octanol–water partition coefficient (Wildman–Crippen LogP) is 3.87. The number of carbonyl (C=O) groups is 1. The number of nitrogens with two attached hydrogens (primary N) is 1. The molecule has 0 heterocycles. The van der Waals surface area contributed by atoms with Crippen LogP contribution in [0.1, 0.15) is 58.8 Å². The van der Waals surface area contributed by atoms with Crippen molar-refractivity contribution in [2.24, 2.45) is 34.3 Å². The van der Waals surface area contributed by atoms with Crippen LogP contribution in [0.4, 0.5) is 0 Å². The molecule has 0 aliphatic heterocycles. The van der Waals surface area contributed by atoms with Gasteiger partial charge in [-0.1, -0.05) is 25.5 Å². The van der Waals surface area contributed by atoms with Gasteiger partial charge in [0.2, 0.25) is 0 Å². The number of ether oxygens (including phenoxy) is 1. The Morgan fingerprint density at radius 1 is 1.20 bits per heavy atom. The fourth-order valence-corrected chi connectivity index (χ4v) is 6.51. The topological polar surface area (TPSA) is 72.5 Å². The van der Waals surface area contributed by atoms with Crippen LogP contribution in [0.2, 0.25) is 0 Å². The third-order valence-corrected chi connectivity index (χ3v) is 8.06. The van der Waals surface area contributed by atoms with Crippen LogP contribution in [0.5, 0.6) is 0 Å². The van der Waals surface area contributed by atoms with Crippen molar-refractivity contribution >= 4 is 5.97 Å². The Bertz CT molecular complexity index is 639. The molecule has 0 aromatic heterocycles. The molecule has 4 aliphatic rings. The number of esters is 1. The van der Waals surface area contributed by atoms with Crippen LogP contribution >= 0.6 is 0 Å². The summed E-state index contributed by atoms with van der Waals surface area (Å²) in [5.41, 5.74) is 7.11. The first-order valence-corrected chi connectivity index (χ1v) is 9.87. The van der Waals surface area contributed by atoms with Gasteiger partial charge < -0.3 is 15.6 Å². The highest BCUT2D eigenvalue weighted by atomic mass is 16.5. The first-order chi connectivity index (χ1) is 11.9. The summed E-state index contributed by atoms with van der Waals surface area (Å²) < 4.78 is 5.52. The van der Waals surface area contributed by atoms with Gasteiger partial charge in [0.05, 0.1) is 12.3 Å². The molecule has 4 rings (SSSR count). The summed E-state index contributed by atoms with van der Waals surface area (Å²) in [6, 6.07) is 0. The summed E-state index contributed by atoms with van der Waals surface area (Å²) in [7, 11) is 0. The van der Waals surface area contributed by atoms with Crippen molar-refractivity contribution in [3.05, 3.63) is 23.5 Å². The van der Waals surface area contributed by atoms with Gasteiger partial charge in [-0.3, -0.25) is 4.79 Å². The third-order valence-electron chi connectivity index (χ3n) is 8.06. The minimum Gasteiger partial charge on any atom is -0.512 e. The number of hydrogen-bond acceptors (Lipinski definition) is 4. The average molecular weight is 345 g/mol. The van der Waals surface area contributed by atoms with Crippen molar-refractivity contribution in [1.82, 2.24) is 0 Å². The molecule has 0 spiro atoms. The minimum absolute atomic E-state index is 0.00188. The molecule has 4 aliphatic carbocycles. The predicted molar refractivity (Wildman–Crippen MR) is 96.7 cm³/mol. The fraction of sp³-hybridized carbons (Fsp3) is 0.762. The molecular weight excluding hydrogens is 314 g/mol. The van der Waals surface area contributed by atoms with Crippen LogP contribution in [0.3, 0.4) is 0 Å². The molecule has 2 fully saturated rings. The maximum Gasteiger partial charge on any atom is 0.319 e. The number of rotatable bonds is 2. The van der Waals surface area contributed by atoms with Crippen molar-refractivity contribution < 1.29 is 14.6 Å². The van der Waals surface area contributed by atoms with Gasteiger partial charge >= 0.3 is 5.97 Å². The molecule has 4 heteroatoms. The second-order valence-electron chi connectivity index (χ2n) is 9.10. The van der Waals surface area contributed by atoms with Gasteiger partial charge in [0.1, 0.15) is 6.10 Å². The molecule has 4 nitrogen and oxygen atoms in total. The Morgan fingerprint density at radius 2 is 1.96 bits per heavy atom. The molecule has 3 N–H and O–H groups in total. The minimum atomic E-state index is -0.288. The molecule has 6 atom stereocenters. The monoisotopic (exact) mass is 345 g/mol. The average Bonchev–Trinajstić information content (AvgIpc) is 2.90. The van der Waals surface area contributed by atoms with Gasteiger partial charge in [-0.2, -0.15) is 0 Å². The van der Waals surface area contributed by atoms with Crippen molar-refractivity contribution in [3.8, 4) is 0 Å². The van der Waals surface area contributed by atoms with Crippen LogP contribution in [0, 0.1) is 28.6 Å². The lowest BCUT2D eigenvalue weighted by molar-refractivity contribution is -0.149. The number of aliphatic hydroxyl groups is 1. The van der Waals surface area contributed by atoms with Crippen LogP contribution in [0.15, 0.2) is 23.5 Å². The molecule has 0 aromatic rings. The zero-order chi connectivity index (χ0) is 17.8. The van der Waals surface area contributed by atoms with E-state index in [1.54, 1.807) is 0 Å². The lowest BCUT2D eigenvalue weighted by Crippen LogP contribution is -2.50. The molecule has 0 amide bonds. The van der Waals surface area contributed by atoms with E-state index in [2.05, 4.69) is 26.0 Å². The van der Waals surface area contributed by atoms with Crippen LogP contribution in [0.25, 0.3) is 0 Å². The van der Waals surface area contributed by atoms with E-state index in [0.29, 0.717) is 23.5 Å². The number of carbonyl (C=O) groups excluding carboxylic acids is 1. The summed E-state index contributed by atoms with van der Waals surface area (Å²) in [4.78, 5) is 11.5. The Kier molecular flexibility index (Phi) is 4.02. The van der Waals surface area contributed by atoms with Gasteiger partial charge in [-0.05, 0) is 67.8 Å². The Labute approximate surface area is 150 Å². The largest absolute Gasteiger partial charge is 0.512 e. The molecule has 0 saturated heterocycles.